The van der Waals surface area contributed by atoms with Crippen LogP contribution in [0.1, 0.15) is 11.1 Å². The van der Waals surface area contributed by atoms with Crippen LogP contribution in [-0.2, 0) is 12.8 Å². The van der Waals surface area contributed by atoms with Crippen molar-refractivity contribution in [2.45, 2.75) is 12.8 Å². The minimum atomic E-state index is -0.444. The third-order valence-corrected chi connectivity index (χ3v) is 3.57. The molecule has 0 bridgehead atoms. The van der Waals surface area contributed by atoms with E-state index in [4.69, 9.17) is 5.11 Å². The zero-order valence-corrected chi connectivity index (χ0v) is 15.0. The number of alkyl halides is 1. The predicted molar refractivity (Wildman–Crippen MR) is 99.6 cm³/mol. The summed E-state index contributed by atoms with van der Waals surface area (Å²) in [4.78, 5) is 19.9. The zero-order chi connectivity index (χ0) is 17.9. The first-order chi connectivity index (χ1) is 11.5. The second-order valence-corrected chi connectivity index (χ2v) is 5.85. The highest BCUT2D eigenvalue weighted by atomic mass is 127. The molecule has 0 unspecified atom stereocenters. The molecular weight excluding hydrogens is 427 g/mol. The molecule has 0 aliphatic rings. The molecule has 7 nitrogen and oxygen atoms in total. The average molecular weight is 444 g/mol. The Hall–Kier alpha value is -2.07. The maximum absolute atomic E-state index is 10.4. The topological polar surface area (TPSA) is 107 Å². The van der Waals surface area contributed by atoms with E-state index in [-0.39, 0.29) is 22.9 Å². The number of nitrogens with zero attached hydrogens (tertiary/aromatic N) is 2. The van der Waals surface area contributed by atoms with Crippen LogP contribution in [0, 0.1) is 20.2 Å². The van der Waals surface area contributed by atoms with Crippen molar-refractivity contribution in [3.63, 3.8) is 0 Å². The first-order valence-electron chi connectivity index (χ1n) is 7.11. The summed E-state index contributed by atoms with van der Waals surface area (Å²) in [5, 5.41) is 29.2. The van der Waals surface area contributed by atoms with Gasteiger partial charge in [0.2, 0.25) is 0 Å². The summed E-state index contributed by atoms with van der Waals surface area (Å²) < 4.78 is 0.985. The molecule has 0 saturated heterocycles. The Balaban J connectivity index is 0.000000240. The quantitative estimate of drug-likeness (QED) is 0.317. The maximum atomic E-state index is 10.4. The van der Waals surface area contributed by atoms with Crippen molar-refractivity contribution in [2.24, 2.45) is 0 Å². The first-order valence-corrected chi connectivity index (χ1v) is 8.64. The van der Waals surface area contributed by atoms with E-state index in [1.165, 1.54) is 18.2 Å². The van der Waals surface area contributed by atoms with Gasteiger partial charge < -0.3 is 5.11 Å². The highest BCUT2D eigenvalue weighted by Gasteiger charge is 2.05. The van der Waals surface area contributed by atoms with Gasteiger partial charge in [0.1, 0.15) is 0 Å². The summed E-state index contributed by atoms with van der Waals surface area (Å²) in [5.41, 5.74) is 2.06. The number of non-ortho nitro benzene ring substituents is 2. The van der Waals surface area contributed by atoms with E-state index >= 15 is 0 Å². The molecule has 0 amide bonds. The van der Waals surface area contributed by atoms with Crippen molar-refractivity contribution in [1.82, 2.24) is 0 Å². The zero-order valence-electron chi connectivity index (χ0n) is 12.8. The fraction of sp³-hybridized carbons (Fsp3) is 0.250. The number of benzene rings is 2. The summed E-state index contributed by atoms with van der Waals surface area (Å²) in [6.45, 7) is 0.0150. The van der Waals surface area contributed by atoms with E-state index in [1.807, 2.05) is 6.07 Å². The van der Waals surface area contributed by atoms with Gasteiger partial charge in [0.05, 0.1) is 9.85 Å². The number of aryl methyl sites for hydroxylation is 1. The van der Waals surface area contributed by atoms with Crippen LogP contribution in [-0.4, -0.2) is 26.0 Å². The number of rotatable bonds is 6. The smallest absolute Gasteiger partial charge is 0.269 e. The van der Waals surface area contributed by atoms with Gasteiger partial charge in [-0.2, -0.15) is 0 Å². The Morgan fingerprint density at radius 3 is 1.71 bits per heavy atom. The van der Waals surface area contributed by atoms with Crippen molar-refractivity contribution in [3.8, 4) is 0 Å². The largest absolute Gasteiger partial charge is 0.396 e. The van der Waals surface area contributed by atoms with E-state index in [0.717, 1.165) is 22.0 Å². The molecule has 0 radical (unpaired) electrons. The molecule has 0 aliphatic carbocycles. The molecule has 24 heavy (non-hydrogen) atoms. The van der Waals surface area contributed by atoms with E-state index in [1.54, 1.807) is 24.3 Å². The Morgan fingerprint density at radius 2 is 1.33 bits per heavy atom. The van der Waals surface area contributed by atoms with Gasteiger partial charge in [-0.3, -0.25) is 20.2 Å². The third-order valence-electron chi connectivity index (χ3n) is 3.03. The summed E-state index contributed by atoms with van der Waals surface area (Å²) in [6.07, 6.45) is 1.35. The third kappa shape index (κ3) is 7.01. The molecule has 0 aliphatic heterocycles. The Morgan fingerprint density at radius 1 is 0.875 bits per heavy atom. The summed E-state index contributed by atoms with van der Waals surface area (Å²) >= 11 is 2.25. The van der Waals surface area contributed by atoms with E-state index in [2.05, 4.69) is 22.6 Å². The predicted octanol–water partition coefficient (Wildman–Crippen LogP) is 3.70. The van der Waals surface area contributed by atoms with Gasteiger partial charge in [0.15, 0.2) is 0 Å². The normalized spacial score (nSPS) is 9.75. The molecule has 0 fully saturated rings. The van der Waals surface area contributed by atoms with Crippen LogP contribution in [0.15, 0.2) is 48.5 Å². The van der Waals surface area contributed by atoms with Gasteiger partial charge in [-0.1, -0.05) is 46.9 Å². The number of halogens is 1. The maximum Gasteiger partial charge on any atom is 0.269 e. The highest BCUT2D eigenvalue weighted by Crippen LogP contribution is 2.14. The molecule has 2 rings (SSSR count). The van der Waals surface area contributed by atoms with Crippen LogP contribution in [0.3, 0.4) is 0 Å². The molecular formula is C16H17IN2O5. The van der Waals surface area contributed by atoms with Crippen LogP contribution in [0.25, 0.3) is 0 Å². The second-order valence-electron chi connectivity index (χ2n) is 4.77. The molecule has 0 spiro atoms. The van der Waals surface area contributed by atoms with Crippen molar-refractivity contribution in [1.29, 1.82) is 0 Å². The minimum Gasteiger partial charge on any atom is -0.396 e. The minimum absolute atomic E-state index is 0.0150. The van der Waals surface area contributed by atoms with E-state index < -0.39 is 4.92 Å². The lowest BCUT2D eigenvalue weighted by Crippen LogP contribution is -1.93. The van der Waals surface area contributed by atoms with Crippen LogP contribution in [0.5, 0.6) is 0 Å². The standard InChI is InChI=1S/C8H8INO2.C8H9NO3/c9-5-4-7-2-1-3-8(6-7)10(11)12;10-5-4-7-2-1-3-8(6-7)9(11)12/h1-3,6H,4-5H2;1-3,6,10H,4-5H2. The number of aliphatic hydroxyl groups is 1. The van der Waals surface area contributed by atoms with Crippen LogP contribution in [0.2, 0.25) is 0 Å². The van der Waals surface area contributed by atoms with Gasteiger partial charge >= 0.3 is 0 Å². The molecule has 0 saturated carbocycles. The number of aliphatic hydroxyl groups excluding tert-OH is 1. The number of hydrogen-bond donors (Lipinski definition) is 1. The van der Waals surface area contributed by atoms with Gasteiger partial charge in [-0.05, 0) is 24.0 Å². The molecule has 1 N–H and O–H groups in total. The molecule has 128 valence electrons. The van der Waals surface area contributed by atoms with Crippen molar-refractivity contribution in [2.75, 3.05) is 11.0 Å². The van der Waals surface area contributed by atoms with Crippen molar-refractivity contribution >= 4 is 34.0 Å². The van der Waals surface area contributed by atoms with E-state index in [0.29, 0.717) is 6.42 Å². The number of nitro groups is 2. The molecule has 2 aromatic carbocycles. The lowest BCUT2D eigenvalue weighted by Gasteiger charge is -1.96. The van der Waals surface area contributed by atoms with Gasteiger partial charge in [0.25, 0.3) is 11.4 Å². The molecule has 0 atom stereocenters. The van der Waals surface area contributed by atoms with Crippen molar-refractivity contribution in [3.05, 3.63) is 79.9 Å². The first kappa shape index (κ1) is 20.0. The van der Waals surface area contributed by atoms with Gasteiger partial charge in [0, 0.05) is 35.3 Å². The van der Waals surface area contributed by atoms with Crippen LogP contribution in [0.4, 0.5) is 11.4 Å². The second kappa shape index (κ2) is 10.7. The van der Waals surface area contributed by atoms with Crippen molar-refractivity contribution < 1.29 is 15.0 Å². The Labute approximate surface area is 152 Å². The Kier molecular flexibility index (Phi) is 8.87. The fourth-order valence-corrected chi connectivity index (χ4v) is 2.51. The SMILES string of the molecule is O=[N+]([O-])c1cccc(CCI)c1.O=[N+]([O-])c1cccc(CCO)c1. The monoisotopic (exact) mass is 444 g/mol. The lowest BCUT2D eigenvalue weighted by molar-refractivity contribution is -0.385. The van der Waals surface area contributed by atoms with Crippen LogP contribution >= 0.6 is 22.6 Å². The fourth-order valence-electron chi connectivity index (χ4n) is 1.89. The molecule has 8 heteroatoms. The molecule has 2 aromatic rings. The molecule has 0 heterocycles. The van der Waals surface area contributed by atoms with E-state index in [9.17, 15) is 20.2 Å². The lowest BCUT2D eigenvalue weighted by atomic mass is 10.1. The van der Waals surface area contributed by atoms with Gasteiger partial charge in [-0.15, -0.1) is 0 Å². The Bertz CT molecular complexity index is 634. The summed E-state index contributed by atoms with van der Waals surface area (Å²) in [5.74, 6) is 0. The summed E-state index contributed by atoms with van der Waals surface area (Å²) in [6, 6.07) is 13.0. The van der Waals surface area contributed by atoms with Gasteiger partial charge in [-0.25, -0.2) is 0 Å². The number of nitro benzene ring substituents is 2. The highest BCUT2D eigenvalue weighted by molar-refractivity contribution is 14.1. The average Bonchev–Trinajstić information content (AvgIpc) is 2.56. The molecule has 0 aromatic heterocycles. The number of hydrogen-bond acceptors (Lipinski definition) is 5. The summed E-state index contributed by atoms with van der Waals surface area (Å²) in [7, 11) is 0. The van der Waals surface area contributed by atoms with Crippen LogP contribution < -0.4 is 0 Å².